The van der Waals surface area contributed by atoms with Gasteiger partial charge in [0.1, 0.15) is 5.60 Å². The summed E-state index contributed by atoms with van der Waals surface area (Å²) in [7, 11) is 0. The summed E-state index contributed by atoms with van der Waals surface area (Å²) in [4.78, 5) is 27.7. The lowest BCUT2D eigenvalue weighted by atomic mass is 9.48. The maximum atomic E-state index is 14.3. The number of ketones is 2. The molecule has 190 valence electrons. The monoisotopic (exact) mass is 480 g/mol. The van der Waals surface area contributed by atoms with Crippen molar-refractivity contribution in [1.29, 1.82) is 0 Å². The van der Waals surface area contributed by atoms with Gasteiger partial charge in [0.15, 0.2) is 11.6 Å². The van der Waals surface area contributed by atoms with Gasteiger partial charge in [-0.2, -0.15) is 0 Å². The van der Waals surface area contributed by atoms with Crippen molar-refractivity contribution in [3.05, 3.63) is 46.1 Å². The number of hydrogen-bond donors (Lipinski definition) is 3. The number of carbonyl (C=O) groups is 2. The number of carbonyl (C=O) groups excluding carboxylic acids is 2. The second kappa shape index (κ2) is 8.09. The van der Waals surface area contributed by atoms with Gasteiger partial charge in [-0.25, -0.2) is 0 Å². The molecule has 6 atom stereocenters. The third-order valence-corrected chi connectivity index (χ3v) is 10.9. The van der Waals surface area contributed by atoms with Crippen molar-refractivity contribution in [1.82, 2.24) is 0 Å². The molecular formula is C30H40O5. The Bertz CT molecular complexity index is 1110. The van der Waals surface area contributed by atoms with Gasteiger partial charge in [0.05, 0.1) is 13.2 Å². The summed E-state index contributed by atoms with van der Waals surface area (Å²) in [6.45, 7) is 7.85. The van der Waals surface area contributed by atoms with Crippen LogP contribution in [0.2, 0.25) is 0 Å². The van der Waals surface area contributed by atoms with Gasteiger partial charge in [0, 0.05) is 33.0 Å². The van der Waals surface area contributed by atoms with Crippen LogP contribution >= 0.6 is 0 Å². The Morgan fingerprint density at radius 3 is 2.09 bits per heavy atom. The standard InChI is InChI=1S/C30H40O5/c1-18-7-5-9-21-24(33)13-20(14-27(18,21)3)29(16-31)11-12-30(35,17-32)23-15-28(4)19(2)8-6-10-22(28)26(34)25(23)29/h9-10,13,18-19,31-32,35H,5-8,11-12,14-17H2,1-4H3/t18-,19-,27+,28+,29+,30+/m0/s1. The summed E-state index contributed by atoms with van der Waals surface area (Å²) in [6.07, 6.45) is 11.2. The lowest BCUT2D eigenvalue weighted by Gasteiger charge is -2.55. The van der Waals surface area contributed by atoms with Crippen molar-refractivity contribution in [2.75, 3.05) is 13.2 Å². The molecule has 0 spiro atoms. The minimum atomic E-state index is -1.48. The molecule has 0 fully saturated rings. The van der Waals surface area contributed by atoms with E-state index in [2.05, 4.69) is 33.8 Å². The van der Waals surface area contributed by atoms with Gasteiger partial charge in [-0.15, -0.1) is 0 Å². The van der Waals surface area contributed by atoms with Gasteiger partial charge >= 0.3 is 0 Å². The Kier molecular flexibility index (Phi) is 5.75. The van der Waals surface area contributed by atoms with E-state index in [1.54, 1.807) is 6.08 Å². The van der Waals surface area contributed by atoms with Gasteiger partial charge in [0.25, 0.3) is 0 Å². The summed E-state index contributed by atoms with van der Waals surface area (Å²) in [5.74, 6) is 0.443. The molecule has 0 aromatic heterocycles. The predicted octanol–water partition coefficient (Wildman–Crippen LogP) is 4.38. The van der Waals surface area contributed by atoms with Crippen LogP contribution < -0.4 is 0 Å². The van der Waals surface area contributed by atoms with Crippen LogP contribution in [0.15, 0.2) is 46.1 Å². The Morgan fingerprint density at radius 1 is 0.886 bits per heavy atom. The van der Waals surface area contributed by atoms with E-state index in [1.807, 2.05) is 6.08 Å². The number of fused-ring (bicyclic) bond motifs is 2. The van der Waals surface area contributed by atoms with E-state index in [9.17, 15) is 24.9 Å². The summed E-state index contributed by atoms with van der Waals surface area (Å²) in [6, 6.07) is 0. The Hall–Kier alpha value is -1.82. The molecule has 5 rings (SSSR count). The lowest BCUT2D eigenvalue weighted by molar-refractivity contribution is -0.118. The van der Waals surface area contributed by atoms with Gasteiger partial charge in [-0.05, 0) is 74.9 Å². The highest BCUT2D eigenvalue weighted by Gasteiger charge is 2.59. The van der Waals surface area contributed by atoms with Gasteiger partial charge < -0.3 is 15.3 Å². The first-order chi connectivity index (χ1) is 16.5. The van der Waals surface area contributed by atoms with Crippen molar-refractivity contribution in [2.45, 2.75) is 84.7 Å². The molecule has 35 heavy (non-hydrogen) atoms. The minimum absolute atomic E-state index is 0.0168. The predicted molar refractivity (Wildman–Crippen MR) is 134 cm³/mol. The second-order valence-electron chi connectivity index (χ2n) is 12.5. The fourth-order valence-electron chi connectivity index (χ4n) is 7.93. The number of Topliss-reactive ketones (excluding diaryl/α,β-unsaturated/α-hetero) is 1. The molecule has 0 bridgehead atoms. The smallest absolute Gasteiger partial charge is 0.186 e. The second-order valence-corrected chi connectivity index (χ2v) is 12.5. The van der Waals surface area contributed by atoms with E-state index in [-0.39, 0.29) is 35.9 Å². The number of hydrogen-bond acceptors (Lipinski definition) is 5. The molecule has 0 radical (unpaired) electrons. The highest BCUT2D eigenvalue weighted by Crippen LogP contribution is 2.62. The molecule has 5 aliphatic rings. The highest BCUT2D eigenvalue weighted by molar-refractivity contribution is 6.13. The summed E-state index contributed by atoms with van der Waals surface area (Å²) in [5.41, 5.74) is 0.220. The molecular weight excluding hydrogens is 440 g/mol. The number of aliphatic hydroxyl groups is 3. The third kappa shape index (κ3) is 3.24. The van der Waals surface area contributed by atoms with E-state index in [0.717, 1.165) is 42.4 Å². The first-order valence-electron chi connectivity index (χ1n) is 13.4. The maximum Gasteiger partial charge on any atom is 0.186 e. The fraction of sp³-hybridized carbons (Fsp3) is 0.667. The normalized spacial score (nSPS) is 43.6. The zero-order chi connectivity index (χ0) is 25.4. The quantitative estimate of drug-likeness (QED) is 0.557. The minimum Gasteiger partial charge on any atom is -0.395 e. The molecule has 5 heteroatoms. The Balaban J connectivity index is 1.73. The molecule has 5 aliphatic carbocycles. The molecule has 0 saturated heterocycles. The molecule has 0 amide bonds. The van der Waals surface area contributed by atoms with Crippen molar-refractivity contribution < 1.29 is 24.9 Å². The average Bonchev–Trinajstić information content (AvgIpc) is 2.82. The van der Waals surface area contributed by atoms with E-state index >= 15 is 0 Å². The summed E-state index contributed by atoms with van der Waals surface area (Å²) >= 11 is 0. The van der Waals surface area contributed by atoms with Crippen LogP contribution in [0, 0.1) is 28.1 Å². The molecule has 0 aromatic carbocycles. The number of allylic oxidation sites excluding steroid dienone is 5. The van der Waals surface area contributed by atoms with Crippen molar-refractivity contribution >= 4 is 11.6 Å². The molecule has 0 heterocycles. The first-order valence-corrected chi connectivity index (χ1v) is 13.4. The van der Waals surface area contributed by atoms with Crippen LogP contribution in [0.3, 0.4) is 0 Å². The third-order valence-electron chi connectivity index (χ3n) is 10.9. The molecule has 5 nitrogen and oxygen atoms in total. The highest BCUT2D eigenvalue weighted by atomic mass is 16.3. The Morgan fingerprint density at radius 2 is 1.49 bits per heavy atom. The summed E-state index contributed by atoms with van der Waals surface area (Å²) < 4.78 is 0. The zero-order valence-electron chi connectivity index (χ0n) is 21.6. The maximum absolute atomic E-state index is 14.3. The number of aliphatic hydroxyl groups excluding tert-OH is 2. The van der Waals surface area contributed by atoms with Crippen LogP contribution in [0.25, 0.3) is 0 Å². The van der Waals surface area contributed by atoms with Crippen molar-refractivity contribution in [2.24, 2.45) is 28.1 Å². The molecule has 0 unspecified atom stereocenters. The van der Waals surface area contributed by atoms with Crippen molar-refractivity contribution in [3.8, 4) is 0 Å². The van der Waals surface area contributed by atoms with Crippen LogP contribution in [-0.4, -0.2) is 45.7 Å². The van der Waals surface area contributed by atoms with E-state index in [0.29, 0.717) is 36.3 Å². The average molecular weight is 481 g/mol. The zero-order valence-corrected chi connectivity index (χ0v) is 21.6. The van der Waals surface area contributed by atoms with Gasteiger partial charge in [-0.1, -0.05) is 45.4 Å². The van der Waals surface area contributed by atoms with Crippen LogP contribution in [0.5, 0.6) is 0 Å². The Labute approximate surface area is 208 Å². The van der Waals surface area contributed by atoms with Gasteiger partial charge in [-0.3, -0.25) is 9.59 Å². The number of rotatable bonds is 3. The lowest BCUT2D eigenvalue weighted by Crippen LogP contribution is -2.54. The topological polar surface area (TPSA) is 94.8 Å². The summed E-state index contributed by atoms with van der Waals surface area (Å²) in [5, 5.41) is 32.9. The van der Waals surface area contributed by atoms with E-state index in [4.69, 9.17) is 0 Å². The van der Waals surface area contributed by atoms with E-state index < -0.39 is 23.0 Å². The van der Waals surface area contributed by atoms with Crippen LogP contribution in [0.1, 0.15) is 79.1 Å². The molecule has 0 aliphatic heterocycles. The molecule has 3 N–H and O–H groups in total. The largest absolute Gasteiger partial charge is 0.395 e. The van der Waals surface area contributed by atoms with Crippen molar-refractivity contribution in [3.63, 3.8) is 0 Å². The van der Waals surface area contributed by atoms with Crippen LogP contribution in [0.4, 0.5) is 0 Å². The van der Waals surface area contributed by atoms with E-state index in [1.165, 1.54) is 0 Å². The SMILES string of the molecule is C[C@H]1CCC=C2C(=O)C=C([C@]3(CO)CC[C@@](O)(CO)C4=C3C(=O)C3=CCC[C@H](C)[C@@]3(C)C4)C[C@@]21C. The fourth-order valence-corrected chi connectivity index (χ4v) is 7.93. The van der Waals surface area contributed by atoms with Crippen LogP contribution in [-0.2, 0) is 9.59 Å². The first kappa shape index (κ1) is 24.9. The molecule has 0 aromatic rings. The van der Waals surface area contributed by atoms with Gasteiger partial charge in [0.2, 0.25) is 0 Å². The molecule has 0 saturated carbocycles.